The molecule has 1 aromatic carbocycles. The van der Waals surface area contributed by atoms with Crippen LogP contribution in [-0.2, 0) is 11.3 Å². The number of thioether (sulfide) groups is 1. The van der Waals surface area contributed by atoms with Crippen LogP contribution in [0.1, 0.15) is 45.0 Å². The number of rotatable bonds is 10. The normalized spacial score (nSPS) is 14.0. The fourth-order valence-corrected chi connectivity index (χ4v) is 4.18. The van der Waals surface area contributed by atoms with Gasteiger partial charge in [-0.25, -0.2) is 0 Å². The van der Waals surface area contributed by atoms with E-state index >= 15 is 0 Å². The van der Waals surface area contributed by atoms with Crippen molar-refractivity contribution in [1.29, 1.82) is 0 Å². The molecule has 30 heavy (non-hydrogen) atoms. The van der Waals surface area contributed by atoms with Crippen molar-refractivity contribution in [1.82, 2.24) is 19.7 Å². The smallest absolute Gasteiger partial charge is 0.234 e. The maximum absolute atomic E-state index is 12.5. The molecule has 0 unspecified atom stereocenters. The van der Waals surface area contributed by atoms with Crippen molar-refractivity contribution < 1.29 is 14.3 Å². The molecular weight excluding hydrogens is 402 g/mol. The van der Waals surface area contributed by atoms with E-state index in [2.05, 4.69) is 52.9 Å². The molecule has 1 N–H and O–H groups in total. The third kappa shape index (κ3) is 5.46. The molecule has 164 valence electrons. The number of unbranched alkanes of at least 4 members (excludes halogenated alkanes) is 1. The number of benzene rings is 1. The third-order valence-electron chi connectivity index (χ3n) is 4.95. The summed E-state index contributed by atoms with van der Waals surface area (Å²) in [5, 5.41) is 12.6. The molecule has 1 amide bonds. The highest BCUT2D eigenvalue weighted by Crippen LogP contribution is 2.32. The molecule has 8 nitrogen and oxygen atoms in total. The van der Waals surface area contributed by atoms with Crippen LogP contribution in [0.5, 0.6) is 11.5 Å². The Morgan fingerprint density at radius 1 is 1.23 bits per heavy atom. The molecule has 1 atom stereocenters. The van der Waals surface area contributed by atoms with Crippen LogP contribution in [-0.4, -0.2) is 58.6 Å². The van der Waals surface area contributed by atoms with Crippen LogP contribution in [0.4, 0.5) is 5.69 Å². The fraction of sp³-hybridized carbons (Fsp3) is 0.571. The second-order valence-corrected chi connectivity index (χ2v) is 8.37. The lowest BCUT2D eigenvalue weighted by Crippen LogP contribution is -2.23. The number of carbonyl (C=O) groups excluding carboxylic acids is 1. The molecule has 0 aliphatic carbocycles. The fourth-order valence-electron chi connectivity index (χ4n) is 3.41. The van der Waals surface area contributed by atoms with E-state index in [0.29, 0.717) is 30.4 Å². The highest BCUT2D eigenvalue weighted by atomic mass is 32.2. The first kappa shape index (κ1) is 22.4. The summed E-state index contributed by atoms with van der Waals surface area (Å²) in [6.45, 7) is 6.23. The van der Waals surface area contributed by atoms with Crippen LogP contribution in [0.15, 0.2) is 23.4 Å². The maximum Gasteiger partial charge on any atom is 0.234 e. The van der Waals surface area contributed by atoms with Gasteiger partial charge in [0.25, 0.3) is 0 Å². The number of hydrogen-bond donors (Lipinski definition) is 1. The highest BCUT2D eigenvalue weighted by molar-refractivity contribution is 7.99. The van der Waals surface area contributed by atoms with Crippen molar-refractivity contribution in [2.24, 2.45) is 0 Å². The Bertz CT molecular complexity index is 855. The van der Waals surface area contributed by atoms with Gasteiger partial charge < -0.3 is 19.4 Å². The van der Waals surface area contributed by atoms with Gasteiger partial charge in [0, 0.05) is 18.3 Å². The first-order valence-corrected chi connectivity index (χ1v) is 11.4. The number of fused-ring (bicyclic) bond motifs is 1. The summed E-state index contributed by atoms with van der Waals surface area (Å²) < 4.78 is 13.3. The van der Waals surface area contributed by atoms with E-state index in [1.54, 1.807) is 6.07 Å². The quantitative estimate of drug-likeness (QED) is 0.573. The molecule has 2 heterocycles. The predicted molar refractivity (Wildman–Crippen MR) is 118 cm³/mol. The second-order valence-electron chi connectivity index (χ2n) is 7.43. The predicted octanol–water partition coefficient (Wildman–Crippen LogP) is 3.59. The second kappa shape index (κ2) is 10.7. The van der Waals surface area contributed by atoms with Crippen molar-refractivity contribution in [2.45, 2.75) is 50.9 Å². The zero-order valence-corrected chi connectivity index (χ0v) is 19.0. The monoisotopic (exact) mass is 433 g/mol. The minimum absolute atomic E-state index is 0.0945. The van der Waals surface area contributed by atoms with Crippen molar-refractivity contribution in [3.63, 3.8) is 0 Å². The molecule has 1 aliphatic heterocycles. The van der Waals surface area contributed by atoms with Gasteiger partial charge in [0.2, 0.25) is 5.91 Å². The summed E-state index contributed by atoms with van der Waals surface area (Å²) in [4.78, 5) is 14.7. The molecular formula is C21H31N5O3S. The van der Waals surface area contributed by atoms with Gasteiger partial charge >= 0.3 is 0 Å². The summed E-state index contributed by atoms with van der Waals surface area (Å²) in [5.41, 5.74) is 0.691. The van der Waals surface area contributed by atoms with Gasteiger partial charge in [-0.2, -0.15) is 0 Å². The van der Waals surface area contributed by atoms with Gasteiger partial charge in [-0.3, -0.25) is 9.69 Å². The van der Waals surface area contributed by atoms with Crippen LogP contribution in [0.2, 0.25) is 0 Å². The van der Waals surface area contributed by atoms with Gasteiger partial charge in [-0.05, 0) is 39.1 Å². The number of nitrogens with one attached hydrogen (secondary N) is 1. The number of amides is 1. The number of carbonyl (C=O) groups is 1. The number of aromatic nitrogens is 3. The van der Waals surface area contributed by atoms with Gasteiger partial charge in [0.15, 0.2) is 22.5 Å². The van der Waals surface area contributed by atoms with Crippen molar-refractivity contribution in [2.75, 3.05) is 38.4 Å². The topological polar surface area (TPSA) is 81.5 Å². The molecule has 1 aliphatic rings. The molecule has 0 radical (unpaired) electrons. The highest BCUT2D eigenvalue weighted by Gasteiger charge is 2.22. The van der Waals surface area contributed by atoms with Crippen molar-refractivity contribution in [3.8, 4) is 11.5 Å². The molecule has 0 saturated heterocycles. The van der Waals surface area contributed by atoms with Gasteiger partial charge in [-0.1, -0.05) is 32.0 Å². The lowest BCUT2D eigenvalue weighted by atomic mass is 10.2. The van der Waals surface area contributed by atoms with E-state index in [4.69, 9.17) is 9.47 Å². The van der Waals surface area contributed by atoms with E-state index in [1.807, 2.05) is 12.1 Å². The zero-order valence-electron chi connectivity index (χ0n) is 18.2. The van der Waals surface area contributed by atoms with Crippen LogP contribution in [0.3, 0.4) is 0 Å². The molecule has 0 fully saturated rings. The van der Waals surface area contributed by atoms with E-state index in [0.717, 1.165) is 36.8 Å². The SMILES string of the molecule is CCCCn1c(SCC(=O)Nc2ccc3c(c2)OCCO3)nnc1[C@H](CC)N(C)C. The van der Waals surface area contributed by atoms with Crippen LogP contribution < -0.4 is 14.8 Å². The minimum Gasteiger partial charge on any atom is -0.486 e. The Hall–Kier alpha value is -2.26. The Morgan fingerprint density at radius 3 is 2.70 bits per heavy atom. The van der Waals surface area contributed by atoms with Crippen LogP contribution in [0, 0.1) is 0 Å². The average Bonchev–Trinajstić information content (AvgIpc) is 3.13. The van der Waals surface area contributed by atoms with Gasteiger partial charge in [-0.15, -0.1) is 10.2 Å². The molecule has 1 aromatic heterocycles. The maximum atomic E-state index is 12.5. The van der Waals surface area contributed by atoms with Crippen molar-refractivity contribution >= 4 is 23.4 Å². The minimum atomic E-state index is -0.0945. The van der Waals surface area contributed by atoms with E-state index in [9.17, 15) is 4.79 Å². The summed E-state index contributed by atoms with van der Waals surface area (Å²) in [7, 11) is 4.11. The standard InChI is InChI=1S/C21H31N5O3S/c1-5-7-10-26-20(16(6-2)25(3)4)23-24-21(26)30-14-19(27)22-15-8-9-17-18(13-15)29-12-11-28-17/h8-9,13,16H,5-7,10-12,14H2,1-4H3,(H,22,27)/t16-/m0/s1. The lowest BCUT2D eigenvalue weighted by Gasteiger charge is -2.23. The first-order valence-electron chi connectivity index (χ1n) is 10.4. The van der Waals surface area contributed by atoms with Gasteiger partial charge in [0.1, 0.15) is 13.2 Å². The van der Waals surface area contributed by atoms with Crippen molar-refractivity contribution in [3.05, 3.63) is 24.0 Å². The molecule has 0 bridgehead atoms. The Balaban J connectivity index is 1.65. The van der Waals surface area contributed by atoms with Gasteiger partial charge in [0.05, 0.1) is 11.8 Å². The third-order valence-corrected chi connectivity index (χ3v) is 5.91. The molecule has 9 heteroatoms. The van der Waals surface area contributed by atoms with E-state index in [-0.39, 0.29) is 17.7 Å². The van der Waals surface area contributed by atoms with E-state index in [1.165, 1.54) is 11.8 Å². The Labute approximate surface area is 182 Å². The Morgan fingerprint density at radius 2 is 2.00 bits per heavy atom. The number of ether oxygens (including phenoxy) is 2. The lowest BCUT2D eigenvalue weighted by molar-refractivity contribution is -0.113. The summed E-state index contributed by atoms with van der Waals surface area (Å²) in [5.74, 6) is 2.49. The number of hydrogen-bond acceptors (Lipinski definition) is 7. The zero-order chi connectivity index (χ0) is 21.5. The number of nitrogens with zero attached hydrogens (tertiary/aromatic N) is 4. The largest absolute Gasteiger partial charge is 0.486 e. The molecule has 0 spiro atoms. The first-order chi connectivity index (χ1) is 14.5. The Kier molecular flexibility index (Phi) is 7.98. The summed E-state index contributed by atoms with van der Waals surface area (Å²) >= 11 is 1.42. The van der Waals surface area contributed by atoms with Crippen LogP contribution in [0.25, 0.3) is 0 Å². The number of anilines is 1. The average molecular weight is 434 g/mol. The summed E-state index contributed by atoms with van der Waals surface area (Å²) in [6, 6.07) is 5.63. The summed E-state index contributed by atoms with van der Waals surface area (Å²) in [6.07, 6.45) is 3.09. The molecule has 2 aromatic rings. The molecule has 3 rings (SSSR count). The van der Waals surface area contributed by atoms with E-state index < -0.39 is 0 Å². The van der Waals surface area contributed by atoms with Crippen LogP contribution >= 0.6 is 11.8 Å². The molecule has 0 saturated carbocycles.